The van der Waals surface area contributed by atoms with Gasteiger partial charge in [0.25, 0.3) is 0 Å². The molecule has 0 aliphatic carbocycles. The fourth-order valence-corrected chi connectivity index (χ4v) is 4.22. The number of fused-ring (bicyclic) bond motifs is 2. The second-order valence-corrected chi connectivity index (χ2v) is 7.64. The lowest BCUT2D eigenvalue weighted by molar-refractivity contribution is -0.0755. The largest absolute Gasteiger partial charge is 0.478 e. The predicted octanol–water partition coefficient (Wildman–Crippen LogP) is 3.48. The van der Waals surface area contributed by atoms with Crippen LogP contribution in [0.5, 0.6) is 5.88 Å². The number of Topliss-reactive ketones (excluding diaryl/α,β-unsaturated/α-hetero) is 1. The molecule has 0 radical (unpaired) electrons. The summed E-state index contributed by atoms with van der Waals surface area (Å²) in [5.41, 5.74) is 1.52. The van der Waals surface area contributed by atoms with E-state index in [-0.39, 0.29) is 36.5 Å². The van der Waals surface area contributed by atoms with Gasteiger partial charge in [-0.2, -0.15) is 0 Å². The van der Waals surface area contributed by atoms with E-state index in [0.717, 1.165) is 5.56 Å². The average Bonchev–Trinajstić information content (AvgIpc) is 2.77. The Morgan fingerprint density at radius 1 is 1.10 bits per heavy atom. The molecule has 1 aromatic heterocycles. The van der Waals surface area contributed by atoms with Crippen LogP contribution in [0.2, 0.25) is 0 Å². The van der Waals surface area contributed by atoms with Gasteiger partial charge in [-0.3, -0.25) is 9.69 Å². The lowest BCUT2D eigenvalue weighted by atomic mass is 9.81. The van der Waals surface area contributed by atoms with Crippen LogP contribution in [-0.4, -0.2) is 53.7 Å². The van der Waals surface area contributed by atoms with Crippen molar-refractivity contribution in [3.05, 3.63) is 59.8 Å². The van der Waals surface area contributed by atoms with E-state index in [1.807, 2.05) is 37.3 Å². The summed E-state index contributed by atoms with van der Waals surface area (Å²) in [7, 11) is 0. The van der Waals surface area contributed by atoms with Crippen LogP contribution in [-0.2, 0) is 16.1 Å². The van der Waals surface area contributed by atoms with Gasteiger partial charge < -0.3 is 14.2 Å². The van der Waals surface area contributed by atoms with Crippen molar-refractivity contribution >= 4 is 11.9 Å². The van der Waals surface area contributed by atoms with Crippen molar-refractivity contribution in [3.63, 3.8) is 0 Å². The molecule has 2 atom stereocenters. The molecule has 2 saturated heterocycles. The number of piperidine rings is 1. The van der Waals surface area contributed by atoms with Crippen molar-refractivity contribution in [2.75, 3.05) is 19.8 Å². The molecule has 0 saturated carbocycles. The van der Waals surface area contributed by atoms with Crippen molar-refractivity contribution in [3.8, 4) is 5.88 Å². The number of amides is 1. The molecule has 158 valence electrons. The van der Waals surface area contributed by atoms with E-state index in [1.54, 1.807) is 23.2 Å². The summed E-state index contributed by atoms with van der Waals surface area (Å²) in [6.07, 6.45) is 2.34. The molecule has 2 unspecified atom stereocenters. The highest BCUT2D eigenvalue weighted by Crippen LogP contribution is 2.34. The number of hydrogen-bond acceptors (Lipinski definition) is 6. The molecule has 2 aliphatic rings. The van der Waals surface area contributed by atoms with Gasteiger partial charge in [0.15, 0.2) is 5.78 Å². The number of ketones is 1. The third kappa shape index (κ3) is 4.46. The van der Waals surface area contributed by atoms with Crippen LogP contribution in [0.4, 0.5) is 4.79 Å². The predicted molar refractivity (Wildman–Crippen MR) is 109 cm³/mol. The van der Waals surface area contributed by atoms with E-state index in [4.69, 9.17) is 14.2 Å². The van der Waals surface area contributed by atoms with Crippen molar-refractivity contribution in [2.24, 2.45) is 5.92 Å². The normalized spacial score (nSPS) is 23.0. The van der Waals surface area contributed by atoms with Crippen LogP contribution in [0.15, 0.2) is 48.7 Å². The Bertz CT molecular complexity index is 857. The van der Waals surface area contributed by atoms with Crippen molar-refractivity contribution < 1.29 is 23.8 Å². The minimum Gasteiger partial charge on any atom is -0.478 e. The Balaban J connectivity index is 1.40. The van der Waals surface area contributed by atoms with Crippen LogP contribution in [0.1, 0.15) is 35.7 Å². The standard InChI is InChI=1S/C23H26N2O5/c1-2-29-21-9-8-17(12-24-21)22(26)18-10-19-14-28-15-20(11-18)25(19)23(27)30-13-16-6-4-3-5-7-16/h3-9,12,18-20H,2,10-11,13-15H2,1H3. The maximum Gasteiger partial charge on any atom is 0.410 e. The summed E-state index contributed by atoms with van der Waals surface area (Å²) in [6.45, 7) is 3.49. The lowest BCUT2D eigenvalue weighted by Gasteiger charge is -2.47. The number of ether oxygens (including phenoxy) is 3. The number of rotatable bonds is 6. The minimum atomic E-state index is -0.342. The Labute approximate surface area is 175 Å². The number of hydrogen-bond donors (Lipinski definition) is 0. The maximum atomic E-state index is 13.0. The Kier molecular flexibility index (Phi) is 6.28. The molecule has 1 amide bonds. The zero-order chi connectivity index (χ0) is 20.9. The van der Waals surface area contributed by atoms with Gasteiger partial charge in [0, 0.05) is 23.7 Å². The molecule has 0 spiro atoms. The third-order valence-electron chi connectivity index (χ3n) is 5.62. The van der Waals surface area contributed by atoms with E-state index in [0.29, 0.717) is 44.1 Å². The number of aromatic nitrogens is 1. The van der Waals surface area contributed by atoms with E-state index in [9.17, 15) is 9.59 Å². The summed E-state index contributed by atoms with van der Waals surface area (Å²) in [5, 5.41) is 0. The molecule has 30 heavy (non-hydrogen) atoms. The lowest BCUT2D eigenvalue weighted by Crippen LogP contribution is -2.59. The molecule has 4 rings (SSSR count). The van der Waals surface area contributed by atoms with Crippen molar-refractivity contribution in [1.82, 2.24) is 9.88 Å². The van der Waals surface area contributed by atoms with Gasteiger partial charge in [-0.15, -0.1) is 0 Å². The van der Waals surface area contributed by atoms with Crippen molar-refractivity contribution in [1.29, 1.82) is 0 Å². The fraction of sp³-hybridized carbons (Fsp3) is 0.435. The summed E-state index contributed by atoms with van der Waals surface area (Å²) in [5.74, 6) is 0.400. The molecular weight excluding hydrogens is 384 g/mol. The fourth-order valence-electron chi connectivity index (χ4n) is 4.22. The summed E-state index contributed by atoms with van der Waals surface area (Å²) in [4.78, 5) is 31.8. The second kappa shape index (κ2) is 9.26. The van der Waals surface area contributed by atoms with Gasteiger partial charge in [-0.05, 0) is 31.4 Å². The first kappa shape index (κ1) is 20.3. The third-order valence-corrected chi connectivity index (χ3v) is 5.62. The van der Waals surface area contributed by atoms with Crippen LogP contribution in [0, 0.1) is 5.92 Å². The number of nitrogens with zero attached hydrogens (tertiary/aromatic N) is 2. The minimum absolute atomic E-state index is 0.0553. The molecule has 2 aliphatic heterocycles. The van der Waals surface area contributed by atoms with E-state index in [1.165, 1.54) is 0 Å². The van der Waals surface area contributed by atoms with E-state index in [2.05, 4.69) is 4.98 Å². The van der Waals surface area contributed by atoms with E-state index < -0.39 is 0 Å². The molecule has 3 heterocycles. The number of carbonyl (C=O) groups excluding carboxylic acids is 2. The quantitative estimate of drug-likeness (QED) is 0.679. The van der Waals surface area contributed by atoms with Crippen LogP contribution >= 0.6 is 0 Å². The highest BCUT2D eigenvalue weighted by Gasteiger charge is 2.44. The molecule has 7 nitrogen and oxygen atoms in total. The summed E-state index contributed by atoms with van der Waals surface area (Å²) < 4.78 is 16.6. The first-order valence-corrected chi connectivity index (χ1v) is 10.4. The molecule has 1 aromatic carbocycles. The highest BCUT2D eigenvalue weighted by molar-refractivity contribution is 5.97. The molecule has 2 aromatic rings. The maximum absolute atomic E-state index is 13.0. The van der Waals surface area contributed by atoms with Gasteiger partial charge in [0.1, 0.15) is 6.61 Å². The highest BCUT2D eigenvalue weighted by atomic mass is 16.6. The van der Waals surface area contributed by atoms with Gasteiger partial charge >= 0.3 is 6.09 Å². The zero-order valence-corrected chi connectivity index (χ0v) is 17.0. The van der Waals surface area contributed by atoms with Gasteiger partial charge in [-0.25, -0.2) is 9.78 Å². The molecule has 7 heteroatoms. The Morgan fingerprint density at radius 3 is 2.47 bits per heavy atom. The van der Waals surface area contributed by atoms with Crippen LogP contribution in [0.25, 0.3) is 0 Å². The first-order valence-electron chi connectivity index (χ1n) is 10.4. The van der Waals surface area contributed by atoms with Crippen LogP contribution < -0.4 is 4.74 Å². The smallest absolute Gasteiger partial charge is 0.410 e. The zero-order valence-electron chi connectivity index (χ0n) is 17.0. The first-order chi connectivity index (χ1) is 14.7. The number of pyridine rings is 1. The molecule has 2 bridgehead atoms. The van der Waals surface area contributed by atoms with Crippen LogP contribution in [0.3, 0.4) is 0 Å². The number of carbonyl (C=O) groups is 2. The summed E-state index contributed by atoms with van der Waals surface area (Å²) in [6, 6.07) is 12.8. The van der Waals surface area contributed by atoms with Gasteiger partial charge in [0.05, 0.1) is 31.9 Å². The average molecular weight is 410 g/mol. The molecular formula is C23H26N2O5. The Morgan fingerprint density at radius 2 is 1.83 bits per heavy atom. The molecule has 0 N–H and O–H groups in total. The monoisotopic (exact) mass is 410 g/mol. The molecule has 2 fully saturated rings. The summed E-state index contributed by atoms with van der Waals surface area (Å²) >= 11 is 0. The van der Waals surface area contributed by atoms with Gasteiger partial charge in [0.2, 0.25) is 5.88 Å². The van der Waals surface area contributed by atoms with Gasteiger partial charge in [-0.1, -0.05) is 30.3 Å². The second-order valence-electron chi connectivity index (χ2n) is 7.64. The number of benzene rings is 1. The van der Waals surface area contributed by atoms with E-state index >= 15 is 0 Å². The van der Waals surface area contributed by atoms with Crippen molar-refractivity contribution in [2.45, 2.75) is 38.5 Å². The SMILES string of the molecule is CCOc1ccc(C(=O)C2CC3COCC(C2)N3C(=O)OCc2ccccc2)cn1. The topological polar surface area (TPSA) is 78.0 Å². The number of morpholine rings is 1. The Hall–Kier alpha value is -2.93.